The van der Waals surface area contributed by atoms with Crippen molar-refractivity contribution >= 4 is 17.2 Å². The molecule has 0 aromatic carbocycles. The van der Waals surface area contributed by atoms with Gasteiger partial charge in [-0.25, -0.2) is 0 Å². The molecule has 1 aromatic rings. The number of aliphatic hydroxyl groups is 1. The lowest BCUT2D eigenvalue weighted by Gasteiger charge is -2.25. The molecule has 4 nitrogen and oxygen atoms in total. The Kier molecular flexibility index (Phi) is 4.68. The summed E-state index contributed by atoms with van der Waals surface area (Å²) in [7, 11) is 3.29. The Morgan fingerprint density at radius 1 is 1.59 bits per heavy atom. The molecule has 0 aliphatic carbocycles. The van der Waals surface area contributed by atoms with E-state index in [0.29, 0.717) is 18.0 Å². The lowest BCUT2D eigenvalue weighted by atomic mass is 10.1. The number of likely N-dealkylation sites (N-methyl/N-ethyl adjacent to an activating group) is 1. The first-order chi connectivity index (χ1) is 7.85. The van der Waals surface area contributed by atoms with Crippen molar-refractivity contribution in [3.05, 3.63) is 21.9 Å². The van der Waals surface area contributed by atoms with E-state index in [1.807, 2.05) is 11.4 Å². The second-order valence-electron chi connectivity index (χ2n) is 4.68. The maximum absolute atomic E-state index is 12.1. The molecule has 1 N–H and O–H groups in total. The van der Waals surface area contributed by atoms with E-state index in [9.17, 15) is 9.90 Å². The van der Waals surface area contributed by atoms with Gasteiger partial charge in [-0.2, -0.15) is 0 Å². The molecule has 0 saturated carbocycles. The first-order valence-corrected chi connectivity index (χ1v) is 6.26. The summed E-state index contributed by atoms with van der Waals surface area (Å²) in [6.07, 6.45) is 0. The highest BCUT2D eigenvalue weighted by molar-refractivity contribution is 7.12. The molecule has 0 unspecified atom stereocenters. The molecule has 0 atom stereocenters. The van der Waals surface area contributed by atoms with Gasteiger partial charge in [0.25, 0.3) is 5.91 Å². The third-order valence-electron chi connectivity index (χ3n) is 2.21. The van der Waals surface area contributed by atoms with Gasteiger partial charge in [-0.15, -0.1) is 11.3 Å². The van der Waals surface area contributed by atoms with E-state index in [4.69, 9.17) is 4.74 Å². The summed E-state index contributed by atoms with van der Waals surface area (Å²) in [5, 5.41) is 11.6. The average molecular weight is 257 g/mol. The molecule has 0 radical (unpaired) electrons. The van der Waals surface area contributed by atoms with Crippen molar-refractivity contribution in [3.63, 3.8) is 0 Å². The average Bonchev–Trinajstić information content (AvgIpc) is 2.62. The molecule has 1 heterocycles. The van der Waals surface area contributed by atoms with Crippen LogP contribution in [0.1, 0.15) is 29.1 Å². The maximum Gasteiger partial charge on any atom is 0.264 e. The molecule has 1 aromatic heterocycles. The van der Waals surface area contributed by atoms with Crippen molar-refractivity contribution in [3.8, 4) is 0 Å². The maximum atomic E-state index is 12.1. The molecule has 17 heavy (non-hydrogen) atoms. The number of ether oxygens (including phenoxy) is 1. The highest BCUT2D eigenvalue weighted by Crippen LogP contribution is 2.20. The largest absolute Gasteiger partial charge is 0.389 e. The normalized spacial score (nSPS) is 11.6. The smallest absolute Gasteiger partial charge is 0.264 e. The van der Waals surface area contributed by atoms with E-state index < -0.39 is 5.60 Å². The van der Waals surface area contributed by atoms with Gasteiger partial charge >= 0.3 is 0 Å². The predicted molar refractivity (Wildman–Crippen MR) is 68.3 cm³/mol. The van der Waals surface area contributed by atoms with Gasteiger partial charge in [0.15, 0.2) is 0 Å². The zero-order valence-electron chi connectivity index (χ0n) is 10.7. The van der Waals surface area contributed by atoms with Crippen LogP contribution in [0.5, 0.6) is 0 Å². The quantitative estimate of drug-likeness (QED) is 0.874. The zero-order valence-corrected chi connectivity index (χ0v) is 11.5. The molecule has 5 heteroatoms. The molecule has 0 fully saturated rings. The summed E-state index contributed by atoms with van der Waals surface area (Å²) in [4.78, 5) is 14.4. The van der Waals surface area contributed by atoms with Gasteiger partial charge in [0.05, 0.1) is 17.1 Å². The van der Waals surface area contributed by atoms with Gasteiger partial charge in [-0.1, -0.05) is 0 Å². The highest BCUT2D eigenvalue weighted by atomic mass is 32.1. The van der Waals surface area contributed by atoms with Gasteiger partial charge in [0.1, 0.15) is 0 Å². The fourth-order valence-electron chi connectivity index (χ4n) is 1.62. The fraction of sp³-hybridized carbons (Fsp3) is 0.583. The summed E-state index contributed by atoms with van der Waals surface area (Å²) in [5.41, 5.74) is 0.00778. The minimum atomic E-state index is -0.886. The Morgan fingerprint density at radius 2 is 2.24 bits per heavy atom. The van der Waals surface area contributed by atoms with E-state index in [0.717, 1.165) is 5.56 Å². The van der Waals surface area contributed by atoms with Crippen LogP contribution in [0.15, 0.2) is 11.4 Å². The number of nitrogens with zero attached hydrogens (tertiary/aromatic N) is 1. The van der Waals surface area contributed by atoms with Crippen molar-refractivity contribution in [2.45, 2.75) is 26.1 Å². The number of hydrogen-bond acceptors (Lipinski definition) is 4. The molecule has 96 valence electrons. The summed E-state index contributed by atoms with van der Waals surface area (Å²) >= 11 is 1.40. The van der Waals surface area contributed by atoms with E-state index >= 15 is 0 Å². The summed E-state index contributed by atoms with van der Waals surface area (Å²) in [6.45, 7) is 4.10. The number of rotatable bonds is 5. The zero-order chi connectivity index (χ0) is 13.1. The first kappa shape index (κ1) is 14.2. The second kappa shape index (κ2) is 5.62. The van der Waals surface area contributed by atoms with Gasteiger partial charge in [-0.3, -0.25) is 4.79 Å². The number of amides is 1. The van der Waals surface area contributed by atoms with Crippen LogP contribution in [-0.4, -0.2) is 42.2 Å². The van der Waals surface area contributed by atoms with Crippen LogP contribution in [-0.2, 0) is 11.3 Å². The van der Waals surface area contributed by atoms with Gasteiger partial charge in [-0.05, 0) is 25.3 Å². The lowest BCUT2D eigenvalue weighted by molar-refractivity contribution is 0.0368. The van der Waals surface area contributed by atoms with Crippen LogP contribution in [0.3, 0.4) is 0 Å². The van der Waals surface area contributed by atoms with Crippen molar-refractivity contribution in [2.75, 3.05) is 20.7 Å². The molecule has 0 saturated heterocycles. The number of carbonyl (C=O) groups is 1. The van der Waals surface area contributed by atoms with Crippen molar-refractivity contribution in [1.29, 1.82) is 0 Å². The minimum Gasteiger partial charge on any atom is -0.389 e. The topological polar surface area (TPSA) is 49.8 Å². The first-order valence-electron chi connectivity index (χ1n) is 5.38. The molecule has 0 spiro atoms. The Morgan fingerprint density at radius 3 is 2.76 bits per heavy atom. The van der Waals surface area contributed by atoms with Crippen LogP contribution in [0, 0.1) is 0 Å². The summed E-state index contributed by atoms with van der Waals surface area (Å²) in [5.74, 6) is -0.0748. The molecule has 0 bridgehead atoms. The van der Waals surface area contributed by atoms with E-state index in [1.165, 1.54) is 16.2 Å². The molecule has 0 aliphatic heterocycles. The third-order valence-corrected chi connectivity index (χ3v) is 3.16. The Bertz CT molecular complexity index is 381. The van der Waals surface area contributed by atoms with Crippen LogP contribution < -0.4 is 0 Å². The van der Waals surface area contributed by atoms with Crippen molar-refractivity contribution in [1.82, 2.24) is 4.90 Å². The van der Waals surface area contributed by atoms with E-state index in [2.05, 4.69) is 0 Å². The summed E-state index contributed by atoms with van der Waals surface area (Å²) in [6, 6.07) is 1.89. The SMILES string of the molecule is COCc1ccsc1C(=O)N(C)CC(C)(C)O. The Balaban J connectivity index is 2.78. The number of hydrogen-bond donors (Lipinski definition) is 1. The minimum absolute atomic E-state index is 0.0748. The van der Waals surface area contributed by atoms with E-state index in [1.54, 1.807) is 28.0 Å². The Labute approximate surface area is 106 Å². The fourth-order valence-corrected chi connectivity index (χ4v) is 2.52. The highest BCUT2D eigenvalue weighted by Gasteiger charge is 2.22. The van der Waals surface area contributed by atoms with Gasteiger partial charge in [0, 0.05) is 26.3 Å². The van der Waals surface area contributed by atoms with Gasteiger partial charge in [0.2, 0.25) is 0 Å². The van der Waals surface area contributed by atoms with E-state index in [-0.39, 0.29) is 5.91 Å². The van der Waals surface area contributed by atoms with Crippen LogP contribution in [0.2, 0.25) is 0 Å². The third kappa shape index (κ3) is 4.11. The monoisotopic (exact) mass is 257 g/mol. The molecular formula is C12H19NO3S. The standard InChI is InChI=1S/C12H19NO3S/c1-12(2,15)8-13(3)11(14)10-9(7-16-4)5-6-17-10/h5-6,15H,7-8H2,1-4H3. The molecule has 0 aliphatic rings. The molecule has 1 rings (SSSR count). The molecule has 1 amide bonds. The number of methoxy groups -OCH3 is 1. The van der Waals surface area contributed by atoms with Gasteiger partial charge < -0.3 is 14.7 Å². The second-order valence-corrected chi connectivity index (χ2v) is 5.60. The molecular weight excluding hydrogens is 238 g/mol. The van der Waals surface area contributed by atoms with Crippen molar-refractivity contribution in [2.24, 2.45) is 0 Å². The number of thiophene rings is 1. The lowest BCUT2D eigenvalue weighted by Crippen LogP contribution is -2.39. The van der Waals surface area contributed by atoms with Crippen LogP contribution in [0.4, 0.5) is 0 Å². The van der Waals surface area contributed by atoms with Crippen LogP contribution >= 0.6 is 11.3 Å². The van der Waals surface area contributed by atoms with Crippen molar-refractivity contribution < 1.29 is 14.6 Å². The van der Waals surface area contributed by atoms with Crippen LogP contribution in [0.25, 0.3) is 0 Å². The summed E-state index contributed by atoms with van der Waals surface area (Å²) < 4.78 is 5.04. The number of carbonyl (C=O) groups excluding carboxylic acids is 1. The Hall–Kier alpha value is -0.910. The predicted octanol–water partition coefficient (Wildman–Crippen LogP) is 1.74.